The summed E-state index contributed by atoms with van der Waals surface area (Å²) in [6.07, 6.45) is 1.61. The lowest BCUT2D eigenvalue weighted by molar-refractivity contribution is 0.0934. The van der Waals surface area contributed by atoms with Crippen molar-refractivity contribution >= 4 is 49.1 Å². The van der Waals surface area contributed by atoms with Crippen LogP contribution in [0.5, 0.6) is 0 Å². The van der Waals surface area contributed by atoms with Crippen LogP contribution in [0.3, 0.4) is 0 Å². The van der Waals surface area contributed by atoms with Crippen molar-refractivity contribution in [1.29, 1.82) is 0 Å². The van der Waals surface area contributed by atoms with E-state index in [0.717, 1.165) is 9.35 Å². The molecule has 0 unspecified atom stereocenters. The van der Waals surface area contributed by atoms with Crippen LogP contribution >= 0.6 is 43.2 Å². The summed E-state index contributed by atoms with van der Waals surface area (Å²) in [6.45, 7) is 4.02. The molecule has 0 radical (unpaired) electrons. The fourth-order valence-electron chi connectivity index (χ4n) is 1.60. The summed E-state index contributed by atoms with van der Waals surface area (Å²) in [4.78, 5) is 18.7. The Bertz CT molecular complexity index is 612. The van der Waals surface area contributed by atoms with Crippen LogP contribution in [0.15, 0.2) is 33.3 Å². The maximum absolute atomic E-state index is 12.2. The van der Waals surface area contributed by atoms with Crippen LogP contribution in [0.4, 0.5) is 0 Å². The van der Waals surface area contributed by atoms with E-state index < -0.39 is 0 Å². The molecule has 0 bridgehead atoms. The number of carbonyl (C=O) groups excluding carboxylic acids is 1. The molecule has 3 nitrogen and oxygen atoms in total. The summed E-state index contributed by atoms with van der Waals surface area (Å²) in [5, 5.41) is 2.95. The summed E-state index contributed by atoms with van der Waals surface area (Å²) < 4.78 is 1.51. The van der Waals surface area contributed by atoms with Crippen LogP contribution in [-0.4, -0.2) is 10.9 Å². The van der Waals surface area contributed by atoms with Gasteiger partial charge in [-0.15, -0.1) is 11.3 Å². The zero-order valence-electron chi connectivity index (χ0n) is 10.4. The van der Waals surface area contributed by atoms with E-state index in [2.05, 4.69) is 55.2 Å². The lowest BCUT2D eigenvalue weighted by atomic mass is 10.2. The third kappa shape index (κ3) is 3.64. The Labute approximate surface area is 132 Å². The van der Waals surface area contributed by atoms with Crippen LogP contribution in [0.1, 0.15) is 33.2 Å². The number of thiophene rings is 1. The monoisotopic (exact) mass is 402 g/mol. The number of carbonyl (C=O) groups is 1. The van der Waals surface area contributed by atoms with Gasteiger partial charge < -0.3 is 5.32 Å². The number of hydrogen-bond acceptors (Lipinski definition) is 3. The molecular weight excluding hydrogens is 392 g/mol. The minimum Gasteiger partial charge on any atom is -0.343 e. The SMILES string of the molecule is Cc1ccc([C@@H](C)NC(=O)c2ncc(Br)cc2Br)s1. The van der Waals surface area contributed by atoms with Gasteiger partial charge in [-0.05, 0) is 63.9 Å². The third-order valence-corrected chi connectivity index (χ3v) is 4.78. The standard InChI is InChI=1S/C13H12Br2N2OS/c1-7-3-4-11(19-7)8(2)17-13(18)12-10(15)5-9(14)6-16-12/h3-6,8H,1-2H3,(H,17,18)/t8-/m1/s1. The molecule has 0 aliphatic carbocycles. The highest BCUT2D eigenvalue weighted by Gasteiger charge is 2.16. The first-order valence-electron chi connectivity index (χ1n) is 5.65. The number of pyridine rings is 1. The molecule has 1 atom stereocenters. The zero-order valence-corrected chi connectivity index (χ0v) is 14.4. The van der Waals surface area contributed by atoms with Gasteiger partial charge in [0.05, 0.1) is 10.5 Å². The second kappa shape index (κ2) is 6.15. The van der Waals surface area contributed by atoms with Crippen LogP contribution in [0.25, 0.3) is 0 Å². The van der Waals surface area contributed by atoms with Crippen molar-refractivity contribution in [3.05, 3.63) is 48.8 Å². The van der Waals surface area contributed by atoms with E-state index in [-0.39, 0.29) is 11.9 Å². The lowest BCUT2D eigenvalue weighted by Gasteiger charge is -2.12. The number of aromatic nitrogens is 1. The molecule has 2 aromatic rings. The van der Waals surface area contributed by atoms with Gasteiger partial charge in [-0.3, -0.25) is 4.79 Å². The molecule has 2 rings (SSSR count). The van der Waals surface area contributed by atoms with Gasteiger partial charge in [0.25, 0.3) is 5.91 Å². The van der Waals surface area contributed by atoms with Gasteiger partial charge in [0.15, 0.2) is 0 Å². The second-order valence-corrected chi connectivity index (χ2v) is 7.22. The molecular formula is C13H12Br2N2OS. The first kappa shape index (κ1) is 14.7. The molecule has 2 heterocycles. The molecule has 0 fully saturated rings. The van der Waals surface area contributed by atoms with E-state index in [0.29, 0.717) is 10.2 Å². The predicted octanol–water partition coefficient (Wildman–Crippen LogP) is 4.47. The van der Waals surface area contributed by atoms with Crippen molar-refractivity contribution in [2.45, 2.75) is 19.9 Å². The van der Waals surface area contributed by atoms with Crippen molar-refractivity contribution in [3.63, 3.8) is 0 Å². The van der Waals surface area contributed by atoms with Crippen molar-refractivity contribution in [2.75, 3.05) is 0 Å². The topological polar surface area (TPSA) is 42.0 Å². The van der Waals surface area contributed by atoms with Crippen LogP contribution in [-0.2, 0) is 0 Å². The van der Waals surface area contributed by atoms with E-state index in [9.17, 15) is 4.79 Å². The van der Waals surface area contributed by atoms with E-state index in [1.54, 1.807) is 17.5 Å². The third-order valence-electron chi connectivity index (χ3n) is 2.56. The molecule has 0 aliphatic rings. The fourth-order valence-corrected chi connectivity index (χ4v) is 3.65. The van der Waals surface area contributed by atoms with Crippen molar-refractivity contribution in [3.8, 4) is 0 Å². The van der Waals surface area contributed by atoms with Gasteiger partial charge in [-0.1, -0.05) is 0 Å². The summed E-state index contributed by atoms with van der Waals surface area (Å²) in [6, 6.07) is 5.87. The Hall–Kier alpha value is -0.720. The number of amides is 1. The molecule has 2 aromatic heterocycles. The highest BCUT2D eigenvalue weighted by Crippen LogP contribution is 2.24. The summed E-state index contributed by atoms with van der Waals surface area (Å²) >= 11 is 8.35. The fraction of sp³-hybridized carbons (Fsp3) is 0.231. The minimum atomic E-state index is -0.182. The lowest BCUT2D eigenvalue weighted by Crippen LogP contribution is -2.27. The zero-order chi connectivity index (χ0) is 14.0. The van der Waals surface area contributed by atoms with E-state index in [1.165, 1.54) is 4.88 Å². The number of nitrogens with zero attached hydrogens (tertiary/aromatic N) is 1. The molecule has 100 valence electrons. The van der Waals surface area contributed by atoms with Gasteiger partial charge in [0, 0.05) is 20.4 Å². The van der Waals surface area contributed by atoms with E-state index >= 15 is 0 Å². The van der Waals surface area contributed by atoms with Crippen molar-refractivity contribution in [1.82, 2.24) is 10.3 Å². The molecule has 19 heavy (non-hydrogen) atoms. The maximum Gasteiger partial charge on any atom is 0.271 e. The van der Waals surface area contributed by atoms with Crippen LogP contribution in [0.2, 0.25) is 0 Å². The Morgan fingerprint density at radius 1 is 1.42 bits per heavy atom. The van der Waals surface area contributed by atoms with Crippen LogP contribution in [0, 0.1) is 6.92 Å². The van der Waals surface area contributed by atoms with Gasteiger partial charge in [0.2, 0.25) is 0 Å². The molecule has 0 spiro atoms. The molecule has 1 amide bonds. The molecule has 0 saturated carbocycles. The summed E-state index contributed by atoms with van der Waals surface area (Å²) in [5.41, 5.74) is 0.392. The van der Waals surface area contributed by atoms with Gasteiger partial charge in [0.1, 0.15) is 5.69 Å². The summed E-state index contributed by atoms with van der Waals surface area (Å²) in [5.74, 6) is -0.182. The molecule has 0 aromatic carbocycles. The van der Waals surface area contributed by atoms with E-state index in [4.69, 9.17) is 0 Å². The number of hydrogen-bond donors (Lipinski definition) is 1. The first-order valence-corrected chi connectivity index (χ1v) is 8.06. The first-order chi connectivity index (χ1) is 8.97. The Morgan fingerprint density at radius 3 is 2.74 bits per heavy atom. The number of halogens is 2. The largest absolute Gasteiger partial charge is 0.343 e. The average molecular weight is 404 g/mol. The van der Waals surface area contributed by atoms with Gasteiger partial charge in [-0.25, -0.2) is 4.98 Å². The Kier molecular flexibility index (Phi) is 4.76. The number of rotatable bonds is 3. The average Bonchev–Trinajstić information content (AvgIpc) is 2.75. The smallest absolute Gasteiger partial charge is 0.271 e. The Morgan fingerprint density at radius 2 is 2.16 bits per heavy atom. The molecule has 0 aliphatic heterocycles. The number of nitrogens with one attached hydrogen (secondary N) is 1. The van der Waals surface area contributed by atoms with Crippen molar-refractivity contribution < 1.29 is 4.79 Å². The predicted molar refractivity (Wildman–Crippen MR) is 84.6 cm³/mol. The second-order valence-electron chi connectivity index (χ2n) is 4.13. The van der Waals surface area contributed by atoms with Gasteiger partial charge >= 0.3 is 0 Å². The quantitative estimate of drug-likeness (QED) is 0.821. The summed E-state index contributed by atoms with van der Waals surface area (Å²) in [7, 11) is 0. The molecule has 0 saturated heterocycles. The minimum absolute atomic E-state index is 0.0245. The van der Waals surface area contributed by atoms with E-state index in [1.807, 2.05) is 19.1 Å². The molecule has 1 N–H and O–H groups in total. The van der Waals surface area contributed by atoms with Gasteiger partial charge in [-0.2, -0.15) is 0 Å². The molecule has 6 heteroatoms. The number of aryl methyl sites for hydroxylation is 1. The Balaban J connectivity index is 2.12. The van der Waals surface area contributed by atoms with Crippen molar-refractivity contribution in [2.24, 2.45) is 0 Å². The maximum atomic E-state index is 12.2. The highest BCUT2D eigenvalue weighted by atomic mass is 79.9. The normalized spacial score (nSPS) is 12.2. The van der Waals surface area contributed by atoms with Crippen LogP contribution < -0.4 is 5.32 Å². The highest BCUT2D eigenvalue weighted by molar-refractivity contribution is 9.11.